The Morgan fingerprint density at radius 1 is 0.323 bits per heavy atom. The number of esters is 3. The molecule has 0 amide bonds. The molecule has 62 heavy (non-hydrogen) atoms. The number of carbonyl (C=O) groups is 3. The van der Waals surface area contributed by atoms with Crippen LogP contribution in [0.2, 0.25) is 0 Å². The van der Waals surface area contributed by atoms with E-state index in [0.29, 0.717) is 19.3 Å². The smallest absolute Gasteiger partial charge is 0.306 e. The van der Waals surface area contributed by atoms with Gasteiger partial charge in [-0.15, -0.1) is 0 Å². The van der Waals surface area contributed by atoms with E-state index in [1.165, 1.54) is 154 Å². The van der Waals surface area contributed by atoms with Crippen molar-refractivity contribution < 1.29 is 28.6 Å². The molecule has 1 unspecified atom stereocenters. The van der Waals surface area contributed by atoms with Crippen molar-refractivity contribution in [2.45, 2.75) is 290 Å². The van der Waals surface area contributed by atoms with Crippen molar-refractivity contribution in [1.82, 2.24) is 0 Å². The molecule has 6 nitrogen and oxygen atoms in total. The summed E-state index contributed by atoms with van der Waals surface area (Å²) in [6.45, 7) is 6.58. The first-order valence-electron chi connectivity index (χ1n) is 27.0. The van der Waals surface area contributed by atoms with Crippen molar-refractivity contribution in [3.8, 4) is 0 Å². The quantitative estimate of drug-likeness (QED) is 0.0262. The molecular formula is C56H102O6. The van der Waals surface area contributed by atoms with Gasteiger partial charge in [-0.25, -0.2) is 0 Å². The standard InChI is InChI=1S/C56H102O6/c1-4-7-10-13-16-19-22-25-26-27-28-29-30-32-34-37-40-43-46-49-55(58)61-52-53(51-60-54(57)48-45-42-39-36-33-24-21-18-15-12-9-6-3)62-56(59)50-47-44-41-38-35-31-23-20-17-14-11-8-5-2/h11,14,20,23,25-26,53H,4-10,12-13,15-19,21-22,24,27-52H2,1-3H3/b14-11-,23-20-,26-25-. The Bertz CT molecular complexity index is 1050. The number of hydrogen-bond donors (Lipinski definition) is 0. The molecule has 0 saturated heterocycles. The molecule has 1 atom stereocenters. The van der Waals surface area contributed by atoms with Crippen molar-refractivity contribution in [2.24, 2.45) is 0 Å². The molecule has 0 rings (SSSR count). The third kappa shape index (κ3) is 48.7. The monoisotopic (exact) mass is 871 g/mol. The van der Waals surface area contributed by atoms with E-state index in [9.17, 15) is 14.4 Å². The van der Waals surface area contributed by atoms with Gasteiger partial charge in [-0.2, -0.15) is 0 Å². The number of unbranched alkanes of at least 4 members (excludes halogenated alkanes) is 32. The Hall–Kier alpha value is -2.37. The van der Waals surface area contributed by atoms with Crippen LogP contribution in [-0.4, -0.2) is 37.2 Å². The van der Waals surface area contributed by atoms with Gasteiger partial charge in [-0.05, 0) is 70.6 Å². The molecule has 0 aromatic heterocycles. The molecule has 0 aromatic rings. The average molecular weight is 871 g/mol. The van der Waals surface area contributed by atoms with E-state index in [1.807, 2.05) is 0 Å². The van der Waals surface area contributed by atoms with Gasteiger partial charge in [0.15, 0.2) is 6.10 Å². The number of allylic oxidation sites excluding steroid dienone is 6. The molecule has 0 bridgehead atoms. The Balaban J connectivity index is 4.31. The maximum Gasteiger partial charge on any atom is 0.306 e. The second kappa shape index (κ2) is 51.3. The molecular weight excluding hydrogens is 769 g/mol. The van der Waals surface area contributed by atoms with E-state index in [2.05, 4.69) is 57.2 Å². The van der Waals surface area contributed by atoms with Gasteiger partial charge in [0.25, 0.3) is 0 Å². The summed E-state index contributed by atoms with van der Waals surface area (Å²) in [5.74, 6) is -0.881. The largest absolute Gasteiger partial charge is 0.462 e. The second-order valence-electron chi connectivity index (χ2n) is 18.1. The van der Waals surface area contributed by atoms with Gasteiger partial charge in [-0.3, -0.25) is 14.4 Å². The molecule has 0 N–H and O–H groups in total. The summed E-state index contributed by atoms with van der Waals surface area (Å²) in [5.41, 5.74) is 0. The summed E-state index contributed by atoms with van der Waals surface area (Å²) in [4.78, 5) is 38.0. The van der Waals surface area contributed by atoms with Crippen LogP contribution in [0, 0.1) is 0 Å². The summed E-state index contributed by atoms with van der Waals surface area (Å²) < 4.78 is 16.8. The summed E-state index contributed by atoms with van der Waals surface area (Å²) in [7, 11) is 0. The van der Waals surface area contributed by atoms with E-state index < -0.39 is 6.10 Å². The lowest BCUT2D eigenvalue weighted by atomic mass is 10.0. The molecule has 362 valence electrons. The normalized spacial score (nSPS) is 12.2. The van der Waals surface area contributed by atoms with Crippen LogP contribution < -0.4 is 0 Å². The maximum atomic E-state index is 12.8. The lowest BCUT2D eigenvalue weighted by Crippen LogP contribution is -2.30. The second-order valence-corrected chi connectivity index (χ2v) is 18.1. The zero-order chi connectivity index (χ0) is 45.1. The van der Waals surface area contributed by atoms with Gasteiger partial charge in [0.1, 0.15) is 13.2 Å². The highest BCUT2D eigenvalue weighted by molar-refractivity contribution is 5.71. The van der Waals surface area contributed by atoms with E-state index >= 15 is 0 Å². The van der Waals surface area contributed by atoms with Gasteiger partial charge in [0, 0.05) is 19.3 Å². The first kappa shape index (κ1) is 59.6. The summed E-state index contributed by atoms with van der Waals surface area (Å²) in [5, 5.41) is 0. The highest BCUT2D eigenvalue weighted by atomic mass is 16.6. The highest BCUT2D eigenvalue weighted by Crippen LogP contribution is 2.16. The molecule has 0 aliphatic heterocycles. The fourth-order valence-corrected chi connectivity index (χ4v) is 7.77. The van der Waals surface area contributed by atoms with Crippen LogP contribution in [0.25, 0.3) is 0 Å². The zero-order valence-corrected chi connectivity index (χ0v) is 41.4. The summed E-state index contributed by atoms with van der Waals surface area (Å²) in [6.07, 6.45) is 59.9. The Morgan fingerprint density at radius 2 is 0.613 bits per heavy atom. The third-order valence-electron chi connectivity index (χ3n) is 11.8. The van der Waals surface area contributed by atoms with Crippen LogP contribution in [0.3, 0.4) is 0 Å². The van der Waals surface area contributed by atoms with E-state index in [1.54, 1.807) is 0 Å². The van der Waals surface area contributed by atoms with Crippen LogP contribution >= 0.6 is 0 Å². The van der Waals surface area contributed by atoms with Gasteiger partial charge >= 0.3 is 17.9 Å². The van der Waals surface area contributed by atoms with Crippen LogP contribution in [0.15, 0.2) is 36.5 Å². The summed E-state index contributed by atoms with van der Waals surface area (Å²) in [6, 6.07) is 0. The average Bonchev–Trinajstić information content (AvgIpc) is 3.27. The minimum Gasteiger partial charge on any atom is -0.462 e. The number of carbonyl (C=O) groups excluding carboxylic acids is 3. The minimum atomic E-state index is -0.776. The molecule has 0 aliphatic carbocycles. The lowest BCUT2D eigenvalue weighted by Gasteiger charge is -2.18. The van der Waals surface area contributed by atoms with Gasteiger partial charge in [-0.1, -0.05) is 231 Å². The van der Waals surface area contributed by atoms with Crippen molar-refractivity contribution >= 4 is 17.9 Å². The van der Waals surface area contributed by atoms with Crippen LogP contribution in [-0.2, 0) is 28.6 Å². The minimum absolute atomic E-state index is 0.0754. The predicted octanol–water partition coefficient (Wildman–Crippen LogP) is 17.7. The number of hydrogen-bond acceptors (Lipinski definition) is 6. The number of ether oxygens (including phenoxy) is 3. The molecule has 6 heteroatoms. The van der Waals surface area contributed by atoms with Crippen molar-refractivity contribution in [3.05, 3.63) is 36.5 Å². The molecule has 0 saturated carbocycles. The predicted molar refractivity (Wildman–Crippen MR) is 266 cm³/mol. The van der Waals surface area contributed by atoms with Crippen molar-refractivity contribution in [3.63, 3.8) is 0 Å². The Kier molecular flexibility index (Phi) is 49.3. The fourth-order valence-electron chi connectivity index (χ4n) is 7.77. The lowest BCUT2D eigenvalue weighted by molar-refractivity contribution is -0.167. The highest BCUT2D eigenvalue weighted by Gasteiger charge is 2.19. The van der Waals surface area contributed by atoms with E-state index in [4.69, 9.17) is 14.2 Å². The molecule has 0 spiro atoms. The first-order valence-corrected chi connectivity index (χ1v) is 27.0. The Morgan fingerprint density at radius 3 is 0.968 bits per heavy atom. The fraction of sp³-hybridized carbons (Fsp3) is 0.839. The third-order valence-corrected chi connectivity index (χ3v) is 11.8. The molecule has 0 fully saturated rings. The first-order chi connectivity index (χ1) is 30.5. The zero-order valence-electron chi connectivity index (χ0n) is 41.4. The van der Waals surface area contributed by atoms with Crippen LogP contribution in [0.5, 0.6) is 0 Å². The number of rotatable bonds is 49. The van der Waals surface area contributed by atoms with Crippen molar-refractivity contribution in [2.75, 3.05) is 13.2 Å². The van der Waals surface area contributed by atoms with E-state index in [-0.39, 0.29) is 31.1 Å². The van der Waals surface area contributed by atoms with Gasteiger partial charge in [0.05, 0.1) is 0 Å². The van der Waals surface area contributed by atoms with Gasteiger partial charge < -0.3 is 14.2 Å². The topological polar surface area (TPSA) is 78.9 Å². The van der Waals surface area contributed by atoms with Crippen LogP contribution in [0.1, 0.15) is 284 Å². The Labute approximate surface area is 385 Å². The molecule has 0 heterocycles. The molecule has 0 aliphatic rings. The summed E-state index contributed by atoms with van der Waals surface area (Å²) >= 11 is 0. The SMILES string of the molecule is CCC/C=C\C/C=C\CCCCCCCC(=O)OC(COC(=O)CCCCCCCCCCC/C=C\CCCCCCCC)COC(=O)CCCCCCCCCCCCCC. The van der Waals surface area contributed by atoms with Crippen molar-refractivity contribution in [1.29, 1.82) is 0 Å². The van der Waals surface area contributed by atoms with Gasteiger partial charge in [0.2, 0.25) is 0 Å². The van der Waals surface area contributed by atoms with E-state index in [0.717, 1.165) is 89.9 Å². The maximum absolute atomic E-state index is 12.8. The molecule has 0 radical (unpaired) electrons. The molecule has 0 aromatic carbocycles. The van der Waals surface area contributed by atoms with Crippen LogP contribution in [0.4, 0.5) is 0 Å².